The molecule has 1 aromatic carbocycles. The van der Waals surface area contributed by atoms with Crippen LogP contribution in [0.15, 0.2) is 18.2 Å². The normalized spacial score (nSPS) is 28.7. The second-order valence-electron chi connectivity index (χ2n) is 8.10. The van der Waals surface area contributed by atoms with Gasteiger partial charge in [-0.2, -0.15) is 0 Å². The molecule has 1 saturated carbocycles. The van der Waals surface area contributed by atoms with Crippen LogP contribution in [-0.2, 0) is 4.79 Å². The van der Waals surface area contributed by atoms with E-state index in [1.165, 1.54) is 6.42 Å². The van der Waals surface area contributed by atoms with Crippen molar-refractivity contribution in [1.82, 2.24) is 4.90 Å². The molecule has 0 N–H and O–H groups in total. The van der Waals surface area contributed by atoms with Gasteiger partial charge in [0.05, 0.1) is 5.02 Å². The minimum atomic E-state index is 0.0222. The van der Waals surface area contributed by atoms with Crippen LogP contribution in [0, 0.1) is 10.8 Å². The van der Waals surface area contributed by atoms with Crippen LogP contribution in [0.3, 0.4) is 0 Å². The highest BCUT2D eigenvalue weighted by molar-refractivity contribution is 6.35. The number of fused-ring (bicyclic) bond motifs is 2. The molecule has 2 fully saturated rings. The predicted octanol–water partition coefficient (Wildman–Crippen LogP) is 4.80. The van der Waals surface area contributed by atoms with Gasteiger partial charge in [0.2, 0.25) is 0 Å². The number of halogens is 2. The van der Waals surface area contributed by atoms with E-state index in [4.69, 9.17) is 27.9 Å². The molecule has 0 radical (unpaired) electrons. The van der Waals surface area contributed by atoms with Crippen molar-refractivity contribution >= 4 is 29.1 Å². The highest BCUT2D eigenvalue weighted by Gasteiger charge is 2.50. The van der Waals surface area contributed by atoms with Crippen molar-refractivity contribution in [2.75, 3.05) is 13.2 Å². The highest BCUT2D eigenvalue weighted by atomic mass is 35.5. The lowest BCUT2D eigenvalue weighted by Crippen LogP contribution is -2.40. The zero-order valence-electron chi connectivity index (χ0n) is 13.9. The lowest BCUT2D eigenvalue weighted by Gasteiger charge is -2.39. The molecular formula is C18H23Cl2NO2. The Labute approximate surface area is 147 Å². The number of hydrogen-bond acceptors (Lipinski definition) is 2. The molecule has 1 aliphatic carbocycles. The van der Waals surface area contributed by atoms with Gasteiger partial charge in [-0.3, -0.25) is 4.79 Å². The molecule has 1 aliphatic heterocycles. The van der Waals surface area contributed by atoms with Crippen molar-refractivity contribution in [3.8, 4) is 5.75 Å². The largest absolute Gasteiger partial charge is 0.482 e. The zero-order chi connectivity index (χ0) is 16.8. The molecule has 2 unspecified atom stereocenters. The summed E-state index contributed by atoms with van der Waals surface area (Å²) in [5.74, 6) is 0.542. The molecule has 2 atom stereocenters. The summed E-state index contributed by atoms with van der Waals surface area (Å²) in [7, 11) is 0. The molecule has 23 heavy (non-hydrogen) atoms. The Bertz CT molecular complexity index is 631. The van der Waals surface area contributed by atoms with Crippen LogP contribution in [0.25, 0.3) is 0 Å². The first-order valence-electron chi connectivity index (χ1n) is 8.05. The summed E-state index contributed by atoms with van der Waals surface area (Å²) < 4.78 is 5.62. The van der Waals surface area contributed by atoms with Crippen LogP contribution in [0.5, 0.6) is 5.75 Å². The van der Waals surface area contributed by atoms with Gasteiger partial charge in [0.25, 0.3) is 5.91 Å². The van der Waals surface area contributed by atoms with E-state index in [2.05, 4.69) is 20.8 Å². The van der Waals surface area contributed by atoms with Gasteiger partial charge in [-0.1, -0.05) is 44.0 Å². The Morgan fingerprint density at radius 3 is 2.74 bits per heavy atom. The summed E-state index contributed by atoms with van der Waals surface area (Å²) in [6, 6.07) is 5.36. The molecule has 0 spiro atoms. The van der Waals surface area contributed by atoms with Crippen molar-refractivity contribution in [3.05, 3.63) is 28.2 Å². The Kier molecular flexibility index (Phi) is 4.31. The van der Waals surface area contributed by atoms with Crippen LogP contribution in [0.4, 0.5) is 0 Å². The number of likely N-dealkylation sites (tertiary alicyclic amines) is 1. The van der Waals surface area contributed by atoms with Gasteiger partial charge in [0.15, 0.2) is 6.61 Å². The minimum absolute atomic E-state index is 0.0222. The molecule has 1 aromatic rings. The lowest BCUT2D eigenvalue weighted by atomic mass is 9.65. The Hall–Kier alpha value is -0.930. The van der Waals surface area contributed by atoms with Gasteiger partial charge in [0, 0.05) is 17.6 Å². The molecule has 2 bridgehead atoms. The molecule has 1 saturated heterocycles. The summed E-state index contributed by atoms with van der Waals surface area (Å²) in [5.41, 5.74) is 0.535. The summed E-state index contributed by atoms with van der Waals surface area (Å²) in [6.45, 7) is 7.75. The number of hydrogen-bond donors (Lipinski definition) is 0. The first-order valence-corrected chi connectivity index (χ1v) is 8.80. The summed E-state index contributed by atoms with van der Waals surface area (Å²) in [4.78, 5) is 14.6. The smallest absolute Gasteiger partial charge is 0.260 e. The summed E-state index contributed by atoms with van der Waals surface area (Å²) >= 11 is 12.0. The Morgan fingerprint density at radius 2 is 2.04 bits per heavy atom. The molecule has 3 nitrogen and oxygen atoms in total. The minimum Gasteiger partial charge on any atom is -0.482 e. The lowest BCUT2D eigenvalue weighted by molar-refractivity contribution is -0.134. The van der Waals surface area contributed by atoms with Gasteiger partial charge < -0.3 is 9.64 Å². The van der Waals surface area contributed by atoms with Crippen LogP contribution >= 0.6 is 23.2 Å². The van der Waals surface area contributed by atoms with E-state index in [1.54, 1.807) is 18.2 Å². The molecule has 5 heteroatoms. The maximum absolute atomic E-state index is 12.6. The number of rotatable bonds is 3. The van der Waals surface area contributed by atoms with Crippen molar-refractivity contribution in [1.29, 1.82) is 0 Å². The number of amides is 1. The van der Waals surface area contributed by atoms with E-state index < -0.39 is 0 Å². The molecule has 3 rings (SSSR count). The fraction of sp³-hybridized carbons (Fsp3) is 0.611. The molecule has 2 aliphatic rings. The second-order valence-corrected chi connectivity index (χ2v) is 8.94. The Morgan fingerprint density at radius 1 is 1.30 bits per heavy atom. The zero-order valence-corrected chi connectivity index (χ0v) is 15.4. The van der Waals surface area contributed by atoms with Crippen molar-refractivity contribution in [3.63, 3.8) is 0 Å². The second kappa shape index (κ2) is 5.86. The third kappa shape index (κ3) is 3.61. The molecule has 1 heterocycles. The predicted molar refractivity (Wildman–Crippen MR) is 93.2 cm³/mol. The monoisotopic (exact) mass is 355 g/mol. The molecule has 126 valence electrons. The van der Waals surface area contributed by atoms with Gasteiger partial charge >= 0.3 is 0 Å². The van der Waals surface area contributed by atoms with E-state index >= 15 is 0 Å². The van der Waals surface area contributed by atoms with Crippen molar-refractivity contribution in [2.24, 2.45) is 10.8 Å². The third-order valence-corrected chi connectivity index (χ3v) is 5.51. The topological polar surface area (TPSA) is 29.5 Å². The summed E-state index contributed by atoms with van der Waals surface area (Å²) in [5, 5.41) is 0.982. The maximum atomic E-state index is 12.6. The van der Waals surface area contributed by atoms with Gasteiger partial charge in [-0.05, 0) is 48.3 Å². The van der Waals surface area contributed by atoms with E-state index in [0.29, 0.717) is 27.3 Å². The van der Waals surface area contributed by atoms with E-state index in [9.17, 15) is 4.79 Å². The first-order chi connectivity index (χ1) is 10.7. The number of carbonyl (C=O) groups excluding carboxylic acids is 1. The Balaban J connectivity index is 1.65. The van der Waals surface area contributed by atoms with Gasteiger partial charge in [0.1, 0.15) is 5.75 Å². The van der Waals surface area contributed by atoms with Crippen LogP contribution in [0.2, 0.25) is 10.0 Å². The quantitative estimate of drug-likeness (QED) is 0.779. The number of nitrogens with zero attached hydrogens (tertiary/aromatic N) is 1. The standard InChI is InChI=1S/C18H23Cl2NO2/c1-17(2)7-13-8-18(3,10-17)11-21(13)16(22)9-23-15-5-4-12(19)6-14(15)20/h4-6,13H,7-11H2,1-3H3. The third-order valence-electron chi connectivity index (χ3n) is 4.98. The highest BCUT2D eigenvalue weighted by Crippen LogP contribution is 2.52. The fourth-order valence-corrected chi connectivity index (χ4v) is 5.03. The van der Waals surface area contributed by atoms with Crippen LogP contribution in [0.1, 0.15) is 40.0 Å². The average Bonchev–Trinajstić information content (AvgIpc) is 2.66. The average molecular weight is 356 g/mol. The van der Waals surface area contributed by atoms with Crippen LogP contribution in [-0.4, -0.2) is 30.0 Å². The maximum Gasteiger partial charge on any atom is 0.260 e. The number of carbonyl (C=O) groups is 1. The summed E-state index contributed by atoms with van der Waals surface area (Å²) in [6.07, 6.45) is 3.34. The van der Waals surface area contributed by atoms with Gasteiger partial charge in [-0.15, -0.1) is 0 Å². The molecule has 1 amide bonds. The van der Waals surface area contributed by atoms with Crippen LogP contribution < -0.4 is 4.74 Å². The fourth-order valence-electron chi connectivity index (χ4n) is 4.57. The van der Waals surface area contributed by atoms with E-state index in [0.717, 1.165) is 19.4 Å². The molecular weight excluding hydrogens is 333 g/mol. The van der Waals surface area contributed by atoms with E-state index in [1.807, 2.05) is 4.90 Å². The molecule has 0 aromatic heterocycles. The number of benzene rings is 1. The van der Waals surface area contributed by atoms with E-state index in [-0.39, 0.29) is 17.9 Å². The first kappa shape index (κ1) is 16.9. The van der Waals surface area contributed by atoms with Crippen molar-refractivity contribution in [2.45, 2.75) is 46.1 Å². The number of ether oxygens (including phenoxy) is 1. The van der Waals surface area contributed by atoms with Gasteiger partial charge in [-0.25, -0.2) is 0 Å². The SMILES string of the molecule is CC1(C)CC2CC(C)(CN2C(=O)COc2ccc(Cl)cc2Cl)C1. The van der Waals surface area contributed by atoms with Crippen molar-refractivity contribution < 1.29 is 9.53 Å².